The molecule has 2 rings (SSSR count). The number of benzene rings is 1. The van der Waals surface area contributed by atoms with Crippen LogP contribution >= 0.6 is 11.8 Å². The van der Waals surface area contributed by atoms with E-state index in [-0.39, 0.29) is 23.8 Å². The lowest BCUT2D eigenvalue weighted by Crippen LogP contribution is -2.39. The Kier molecular flexibility index (Phi) is 4.80. The van der Waals surface area contributed by atoms with Crippen molar-refractivity contribution in [3.63, 3.8) is 0 Å². The van der Waals surface area contributed by atoms with Gasteiger partial charge in [-0.1, -0.05) is 6.08 Å². The van der Waals surface area contributed by atoms with Crippen LogP contribution in [0.4, 0.5) is 18.9 Å². The topological polar surface area (TPSA) is 49.4 Å². The molecule has 0 saturated carbocycles. The first kappa shape index (κ1) is 16.4. The molecule has 0 aromatic heterocycles. The van der Waals surface area contributed by atoms with Crippen molar-refractivity contribution in [2.24, 2.45) is 0 Å². The summed E-state index contributed by atoms with van der Waals surface area (Å²) in [4.78, 5) is 25.0. The molecule has 4 nitrogen and oxygen atoms in total. The lowest BCUT2D eigenvalue weighted by atomic mass is 10.1. The van der Waals surface area contributed by atoms with E-state index in [0.29, 0.717) is 10.6 Å². The molecule has 1 aliphatic heterocycles. The molecule has 1 aromatic carbocycles. The zero-order valence-electron chi connectivity index (χ0n) is 11.4. The molecule has 0 radical (unpaired) electrons. The van der Waals surface area contributed by atoms with Crippen molar-refractivity contribution < 1.29 is 22.8 Å². The first-order chi connectivity index (χ1) is 10.3. The normalized spacial score (nSPS) is 14.0. The van der Waals surface area contributed by atoms with Crippen molar-refractivity contribution in [3.05, 3.63) is 36.4 Å². The first-order valence-corrected chi connectivity index (χ1v) is 7.32. The number of nitrogens with one attached hydrogen (secondary N) is 1. The molecule has 1 aromatic rings. The standard InChI is InChI=1S/C14H13F3N2O2S/c1-2-5-19(8-14(15,16)17)13(21)9-3-4-11-10(6-9)18-12(20)7-22-11/h2-4,6H,1,5,7-8H2,(H,18,20). The Labute approximate surface area is 129 Å². The highest BCUT2D eigenvalue weighted by molar-refractivity contribution is 8.00. The van der Waals surface area contributed by atoms with Crippen LogP contribution in [-0.2, 0) is 4.79 Å². The number of hydrogen-bond acceptors (Lipinski definition) is 3. The van der Waals surface area contributed by atoms with Crippen LogP contribution in [0.25, 0.3) is 0 Å². The van der Waals surface area contributed by atoms with Crippen molar-refractivity contribution >= 4 is 29.3 Å². The van der Waals surface area contributed by atoms with E-state index in [2.05, 4.69) is 11.9 Å². The Balaban J connectivity index is 2.25. The molecule has 1 aliphatic rings. The van der Waals surface area contributed by atoms with Crippen LogP contribution in [0.2, 0.25) is 0 Å². The van der Waals surface area contributed by atoms with Crippen LogP contribution in [-0.4, -0.2) is 41.7 Å². The van der Waals surface area contributed by atoms with Crippen molar-refractivity contribution in [2.45, 2.75) is 11.1 Å². The number of fused-ring (bicyclic) bond motifs is 1. The number of carbonyl (C=O) groups is 2. The molecule has 22 heavy (non-hydrogen) atoms. The molecule has 0 fully saturated rings. The molecule has 0 saturated heterocycles. The van der Waals surface area contributed by atoms with Gasteiger partial charge in [0.05, 0.1) is 11.4 Å². The number of halogens is 3. The fourth-order valence-corrected chi connectivity index (χ4v) is 2.78. The van der Waals surface area contributed by atoms with E-state index in [0.717, 1.165) is 4.90 Å². The van der Waals surface area contributed by atoms with Gasteiger partial charge < -0.3 is 10.2 Å². The third kappa shape index (κ3) is 4.03. The zero-order valence-corrected chi connectivity index (χ0v) is 12.3. The summed E-state index contributed by atoms with van der Waals surface area (Å²) in [5.74, 6) is -0.693. The number of nitrogens with zero attached hydrogens (tertiary/aromatic N) is 1. The van der Waals surface area contributed by atoms with Crippen molar-refractivity contribution in [1.29, 1.82) is 0 Å². The van der Waals surface area contributed by atoms with Crippen molar-refractivity contribution in [3.8, 4) is 0 Å². The van der Waals surface area contributed by atoms with Gasteiger partial charge in [-0.15, -0.1) is 18.3 Å². The molecule has 1 heterocycles. The van der Waals surface area contributed by atoms with Gasteiger partial charge in [0, 0.05) is 17.0 Å². The maximum atomic E-state index is 12.5. The van der Waals surface area contributed by atoms with E-state index in [1.165, 1.54) is 30.0 Å². The third-order valence-corrected chi connectivity index (χ3v) is 3.94. The fraction of sp³-hybridized carbons (Fsp3) is 0.286. The fourth-order valence-electron chi connectivity index (χ4n) is 1.99. The summed E-state index contributed by atoms with van der Waals surface area (Å²) in [6, 6.07) is 4.47. The van der Waals surface area contributed by atoms with Crippen LogP contribution < -0.4 is 5.32 Å². The summed E-state index contributed by atoms with van der Waals surface area (Å²) in [5, 5.41) is 2.60. The molecule has 1 N–H and O–H groups in total. The van der Waals surface area contributed by atoms with Crippen molar-refractivity contribution in [2.75, 3.05) is 24.2 Å². The van der Waals surface area contributed by atoms with Crippen LogP contribution in [0.3, 0.4) is 0 Å². The monoisotopic (exact) mass is 330 g/mol. The first-order valence-electron chi connectivity index (χ1n) is 6.34. The van der Waals surface area contributed by atoms with Crippen molar-refractivity contribution in [1.82, 2.24) is 4.90 Å². The SMILES string of the molecule is C=CCN(CC(F)(F)F)C(=O)c1ccc2c(c1)NC(=O)CS2. The minimum atomic E-state index is -4.49. The van der Waals surface area contributed by atoms with Gasteiger partial charge >= 0.3 is 6.18 Å². The minimum absolute atomic E-state index is 0.0904. The predicted octanol–water partition coefficient (Wildman–Crippen LogP) is 2.92. The van der Waals surface area contributed by atoms with Crippen LogP contribution in [0.15, 0.2) is 35.7 Å². The summed E-state index contributed by atoms with van der Waals surface area (Å²) in [6.07, 6.45) is -3.25. The molecule has 2 amide bonds. The summed E-state index contributed by atoms with van der Waals surface area (Å²) >= 11 is 1.31. The summed E-state index contributed by atoms with van der Waals surface area (Å²) in [7, 11) is 0. The lowest BCUT2D eigenvalue weighted by molar-refractivity contribution is -0.139. The highest BCUT2D eigenvalue weighted by Crippen LogP contribution is 2.32. The number of amides is 2. The van der Waals surface area contributed by atoms with E-state index in [9.17, 15) is 22.8 Å². The number of alkyl halides is 3. The molecule has 118 valence electrons. The summed E-state index contributed by atoms with van der Waals surface area (Å²) in [5.41, 5.74) is 0.533. The van der Waals surface area contributed by atoms with Gasteiger partial charge in [0.1, 0.15) is 6.54 Å². The second-order valence-corrected chi connectivity index (χ2v) is 5.65. The molecule has 0 atom stereocenters. The van der Waals surface area contributed by atoms with Gasteiger partial charge in [-0.2, -0.15) is 13.2 Å². The Morgan fingerprint density at radius 1 is 1.45 bits per heavy atom. The van der Waals surface area contributed by atoms with E-state index < -0.39 is 18.6 Å². The Bertz CT molecular complexity index is 617. The van der Waals surface area contributed by atoms with Crippen LogP contribution in [0, 0.1) is 0 Å². The molecular formula is C14H13F3N2O2S. The van der Waals surface area contributed by atoms with Gasteiger partial charge in [-0.25, -0.2) is 0 Å². The molecule has 0 aliphatic carbocycles. The predicted molar refractivity (Wildman–Crippen MR) is 78.0 cm³/mol. The van der Waals surface area contributed by atoms with Gasteiger partial charge in [-0.3, -0.25) is 9.59 Å². The molecule has 8 heteroatoms. The molecule has 0 spiro atoms. The molecule has 0 unspecified atom stereocenters. The Morgan fingerprint density at radius 2 is 2.18 bits per heavy atom. The number of anilines is 1. The smallest absolute Gasteiger partial charge is 0.326 e. The van der Waals surface area contributed by atoms with E-state index in [1.54, 1.807) is 6.07 Å². The van der Waals surface area contributed by atoms with Gasteiger partial charge in [0.2, 0.25) is 5.91 Å². The molecular weight excluding hydrogens is 317 g/mol. The third-order valence-electron chi connectivity index (χ3n) is 2.87. The highest BCUT2D eigenvalue weighted by Gasteiger charge is 2.33. The summed E-state index contributed by atoms with van der Waals surface area (Å²) < 4.78 is 37.6. The maximum Gasteiger partial charge on any atom is 0.406 e. The number of thioether (sulfide) groups is 1. The molecule has 0 bridgehead atoms. The van der Waals surface area contributed by atoms with Gasteiger partial charge in [0.15, 0.2) is 0 Å². The van der Waals surface area contributed by atoms with Crippen LogP contribution in [0.5, 0.6) is 0 Å². The zero-order chi connectivity index (χ0) is 16.3. The maximum absolute atomic E-state index is 12.5. The summed E-state index contributed by atoms with van der Waals surface area (Å²) in [6.45, 7) is 1.80. The van der Waals surface area contributed by atoms with E-state index in [1.807, 2.05) is 0 Å². The van der Waals surface area contributed by atoms with E-state index in [4.69, 9.17) is 0 Å². The quantitative estimate of drug-likeness (QED) is 0.864. The van der Waals surface area contributed by atoms with Gasteiger partial charge in [0.25, 0.3) is 5.91 Å². The average Bonchev–Trinajstić information content (AvgIpc) is 2.44. The highest BCUT2D eigenvalue weighted by atomic mass is 32.2. The number of hydrogen-bond donors (Lipinski definition) is 1. The lowest BCUT2D eigenvalue weighted by Gasteiger charge is -2.23. The largest absolute Gasteiger partial charge is 0.406 e. The Morgan fingerprint density at radius 3 is 2.82 bits per heavy atom. The minimum Gasteiger partial charge on any atom is -0.326 e. The average molecular weight is 330 g/mol. The second kappa shape index (κ2) is 6.43. The van der Waals surface area contributed by atoms with Gasteiger partial charge in [-0.05, 0) is 18.2 Å². The Hall–Kier alpha value is -1.96. The van der Waals surface area contributed by atoms with E-state index >= 15 is 0 Å². The van der Waals surface area contributed by atoms with Crippen LogP contribution in [0.1, 0.15) is 10.4 Å². The number of rotatable bonds is 4. The second-order valence-electron chi connectivity index (χ2n) is 4.64. The number of carbonyl (C=O) groups excluding carboxylic acids is 2.